The van der Waals surface area contributed by atoms with Crippen LogP contribution in [0.5, 0.6) is 11.5 Å². The van der Waals surface area contributed by atoms with Crippen LogP contribution in [-0.4, -0.2) is 136 Å². The normalized spacial score (nSPS) is 26.5. The molecule has 1 amide bonds. The van der Waals surface area contributed by atoms with Crippen LogP contribution in [0.1, 0.15) is 31.9 Å². The van der Waals surface area contributed by atoms with Gasteiger partial charge in [0.1, 0.15) is 12.7 Å². The van der Waals surface area contributed by atoms with Gasteiger partial charge in [-0.25, -0.2) is 4.79 Å². The minimum absolute atomic E-state index is 0.0471. The molecule has 0 radical (unpaired) electrons. The summed E-state index contributed by atoms with van der Waals surface area (Å²) < 4.78 is 52.2. The van der Waals surface area contributed by atoms with Crippen molar-refractivity contribution < 1.29 is 61.8 Å². The largest absolute Gasteiger partial charge is 0.493 e. The number of amides is 1. The molecule has 53 heavy (non-hydrogen) atoms. The summed E-state index contributed by atoms with van der Waals surface area (Å²) in [5, 5.41) is 3.06. The molecule has 0 spiro atoms. The Morgan fingerprint density at radius 3 is 2.11 bits per heavy atom. The van der Waals surface area contributed by atoms with E-state index in [0.29, 0.717) is 44.2 Å². The number of esters is 3. The molecule has 16 heteroatoms. The second kappa shape index (κ2) is 17.7. The molecule has 290 valence electrons. The second-order valence-electron chi connectivity index (χ2n) is 13.3. The van der Waals surface area contributed by atoms with Crippen molar-refractivity contribution in [1.82, 2.24) is 9.80 Å². The number of ether oxygens (including phenoxy) is 9. The van der Waals surface area contributed by atoms with Crippen LogP contribution < -0.4 is 14.8 Å². The highest BCUT2D eigenvalue weighted by Crippen LogP contribution is 2.40. The third-order valence-corrected chi connectivity index (χ3v) is 9.13. The number of methoxy groups -OCH3 is 2. The number of aryl methyl sites for hydroxylation is 2. The zero-order valence-electron chi connectivity index (χ0n) is 31.2. The molecular formula is C37H49N3O13. The lowest BCUT2D eigenvalue weighted by atomic mass is 9.98. The quantitative estimate of drug-likeness (QED) is 0.221. The maximum Gasteiger partial charge on any atom is 0.339 e. The molecule has 2 aromatic carbocycles. The molecular weight excluding hydrogens is 694 g/mol. The van der Waals surface area contributed by atoms with E-state index in [1.54, 1.807) is 19.2 Å². The Labute approximate surface area is 308 Å². The van der Waals surface area contributed by atoms with Gasteiger partial charge in [-0.1, -0.05) is 30.3 Å². The van der Waals surface area contributed by atoms with Gasteiger partial charge in [0.25, 0.3) is 5.97 Å². The van der Waals surface area contributed by atoms with E-state index < -0.39 is 60.7 Å². The van der Waals surface area contributed by atoms with Crippen molar-refractivity contribution in [2.24, 2.45) is 0 Å². The zero-order valence-corrected chi connectivity index (χ0v) is 31.2. The lowest BCUT2D eigenvalue weighted by Crippen LogP contribution is -2.61. The Morgan fingerprint density at radius 2 is 1.49 bits per heavy atom. The second-order valence-corrected chi connectivity index (χ2v) is 13.3. The van der Waals surface area contributed by atoms with Gasteiger partial charge in [0.2, 0.25) is 5.91 Å². The number of benzene rings is 2. The van der Waals surface area contributed by atoms with Crippen LogP contribution in [0.4, 0.5) is 5.69 Å². The molecule has 0 saturated carbocycles. The SMILES string of the molecule is COC(=O)[C@H]1O[C@@H]2O[C@@](C)(O[C@H](COc3ccccc3OC)CN3CCN(CC(=O)Nc4c(C)cccc4C)CC3)O[C@@H]2[C@@H](OC(C)=O)[C@@H]1OC(C)=O. The minimum Gasteiger partial charge on any atom is -0.493 e. The van der Waals surface area contributed by atoms with Crippen LogP contribution in [0, 0.1) is 13.8 Å². The van der Waals surface area contributed by atoms with Gasteiger partial charge in [-0.3, -0.25) is 28.9 Å². The van der Waals surface area contributed by atoms with Gasteiger partial charge in [0, 0.05) is 59.2 Å². The van der Waals surface area contributed by atoms with Gasteiger partial charge in [-0.05, 0) is 37.1 Å². The first-order chi connectivity index (χ1) is 25.3. The summed E-state index contributed by atoms with van der Waals surface area (Å²) in [6.07, 6.45) is -7.26. The first-order valence-corrected chi connectivity index (χ1v) is 17.5. The third kappa shape index (κ3) is 10.2. The lowest BCUT2D eigenvalue weighted by Gasteiger charge is -2.39. The zero-order chi connectivity index (χ0) is 38.3. The fourth-order valence-corrected chi connectivity index (χ4v) is 6.68. The standard InChI is InChI=1S/C37H49N3O13/c1-22-11-10-12-23(2)30(22)38-29(43)20-40-17-15-39(16-18-40)19-26(21-47-28-14-9-8-13-27(28)45-6)51-37(5)52-34-32(49-25(4)42)31(48-24(3)41)33(35(44)46-7)50-36(34)53-37/h8-14,26,31-34,36H,15-21H2,1-7H3,(H,38,43)/t26-,31-,32-,33-,34+,36+,37-/m0/s1. The van der Waals surface area contributed by atoms with E-state index in [-0.39, 0.29) is 19.1 Å². The molecule has 3 saturated heterocycles. The Balaban J connectivity index is 1.28. The van der Waals surface area contributed by atoms with Crippen molar-refractivity contribution in [3.05, 3.63) is 53.6 Å². The Morgan fingerprint density at radius 1 is 0.868 bits per heavy atom. The smallest absolute Gasteiger partial charge is 0.339 e. The van der Waals surface area contributed by atoms with Crippen molar-refractivity contribution >= 4 is 29.5 Å². The number of carbonyl (C=O) groups is 4. The van der Waals surface area contributed by atoms with E-state index >= 15 is 0 Å². The van der Waals surface area contributed by atoms with Crippen molar-refractivity contribution in [1.29, 1.82) is 0 Å². The average Bonchev–Trinajstić information content (AvgIpc) is 3.45. The van der Waals surface area contributed by atoms with E-state index in [1.807, 2.05) is 44.2 Å². The Bertz CT molecular complexity index is 1600. The summed E-state index contributed by atoms with van der Waals surface area (Å²) in [5.74, 6) is -3.15. The molecule has 1 N–H and O–H groups in total. The summed E-state index contributed by atoms with van der Waals surface area (Å²) in [4.78, 5) is 54.2. The van der Waals surface area contributed by atoms with Crippen LogP contribution in [0.25, 0.3) is 0 Å². The number of anilines is 1. The Hall–Kier alpha value is -4.32. The van der Waals surface area contributed by atoms with Crippen molar-refractivity contribution in [3.8, 4) is 11.5 Å². The number of hydrogen-bond donors (Lipinski definition) is 1. The highest BCUT2D eigenvalue weighted by atomic mass is 16.9. The predicted molar refractivity (Wildman–Crippen MR) is 187 cm³/mol. The lowest BCUT2D eigenvalue weighted by molar-refractivity contribution is -0.360. The monoisotopic (exact) mass is 743 g/mol. The summed E-state index contributed by atoms with van der Waals surface area (Å²) in [6, 6.07) is 13.1. The summed E-state index contributed by atoms with van der Waals surface area (Å²) >= 11 is 0. The van der Waals surface area contributed by atoms with E-state index in [0.717, 1.165) is 30.8 Å². The first-order valence-electron chi connectivity index (χ1n) is 17.5. The number of hydrogen-bond acceptors (Lipinski definition) is 15. The average molecular weight is 744 g/mol. The van der Waals surface area contributed by atoms with E-state index in [4.69, 9.17) is 42.6 Å². The maximum absolute atomic E-state index is 13.0. The van der Waals surface area contributed by atoms with Gasteiger partial charge in [0.15, 0.2) is 42.2 Å². The molecule has 3 aliphatic rings. The number of piperazine rings is 1. The van der Waals surface area contributed by atoms with Crippen LogP contribution in [0.15, 0.2) is 42.5 Å². The van der Waals surface area contributed by atoms with E-state index in [2.05, 4.69) is 15.1 Å². The van der Waals surface area contributed by atoms with Gasteiger partial charge in [-0.2, -0.15) is 0 Å². The van der Waals surface area contributed by atoms with E-state index in [1.165, 1.54) is 13.8 Å². The molecule has 0 unspecified atom stereocenters. The van der Waals surface area contributed by atoms with Crippen molar-refractivity contribution in [3.63, 3.8) is 0 Å². The Kier molecular flexibility index (Phi) is 13.3. The van der Waals surface area contributed by atoms with Crippen molar-refractivity contribution in [2.45, 2.75) is 77.4 Å². The minimum atomic E-state index is -1.79. The van der Waals surface area contributed by atoms with Crippen LogP contribution in [-0.2, 0) is 52.3 Å². The number of fused-ring (bicyclic) bond motifs is 1. The predicted octanol–water partition coefficient (Wildman–Crippen LogP) is 2.18. The number of carbonyl (C=O) groups excluding carboxylic acids is 4. The molecule has 3 aliphatic heterocycles. The molecule has 2 aromatic rings. The highest BCUT2D eigenvalue weighted by molar-refractivity contribution is 5.93. The van der Waals surface area contributed by atoms with Gasteiger partial charge in [0.05, 0.1) is 20.8 Å². The summed E-state index contributed by atoms with van der Waals surface area (Å²) in [5.41, 5.74) is 2.85. The first kappa shape index (κ1) is 39.9. The molecule has 16 nitrogen and oxygen atoms in total. The molecule has 0 aromatic heterocycles. The molecule has 5 rings (SSSR count). The molecule has 0 bridgehead atoms. The van der Waals surface area contributed by atoms with Crippen LogP contribution in [0.3, 0.4) is 0 Å². The fraction of sp³-hybridized carbons (Fsp3) is 0.568. The van der Waals surface area contributed by atoms with E-state index in [9.17, 15) is 19.2 Å². The number of nitrogens with one attached hydrogen (secondary N) is 1. The molecule has 3 fully saturated rings. The van der Waals surface area contributed by atoms with Crippen LogP contribution >= 0.6 is 0 Å². The maximum atomic E-state index is 13.0. The molecule has 0 aliphatic carbocycles. The number of nitrogens with zero attached hydrogens (tertiary/aromatic N) is 2. The van der Waals surface area contributed by atoms with Crippen LogP contribution in [0.2, 0.25) is 0 Å². The van der Waals surface area contributed by atoms with Crippen molar-refractivity contribution in [2.75, 3.05) is 65.4 Å². The van der Waals surface area contributed by atoms with Gasteiger partial charge >= 0.3 is 17.9 Å². The van der Waals surface area contributed by atoms with Gasteiger partial charge < -0.3 is 43.2 Å². The number of para-hydroxylation sites is 3. The van der Waals surface area contributed by atoms with Gasteiger partial charge in [-0.15, -0.1) is 0 Å². The summed E-state index contributed by atoms with van der Waals surface area (Å²) in [6.45, 7) is 11.0. The number of rotatable bonds is 14. The summed E-state index contributed by atoms with van der Waals surface area (Å²) in [7, 11) is 2.70. The molecule has 3 heterocycles. The topological polar surface area (TPSA) is 170 Å². The molecule has 7 atom stereocenters. The third-order valence-electron chi connectivity index (χ3n) is 9.13. The fourth-order valence-electron chi connectivity index (χ4n) is 6.68. The highest BCUT2D eigenvalue weighted by Gasteiger charge is 2.61.